The molecule has 1 aromatic heterocycles. The molecule has 5 heteroatoms. The highest BCUT2D eigenvalue weighted by Gasteiger charge is 2.10. The Hall–Kier alpha value is -1.68. The van der Waals surface area contributed by atoms with Gasteiger partial charge in [0.05, 0.1) is 6.20 Å². The fraction of sp³-hybridized carbons (Fsp3) is 0.167. The molecule has 0 unspecified atom stereocenters. The van der Waals surface area contributed by atoms with E-state index in [1.807, 2.05) is 26.0 Å². The molecule has 0 saturated carbocycles. The number of hydrogen-bond donors (Lipinski definition) is 0. The maximum atomic E-state index is 13.4. The molecular formula is C12H10ClFN2O. The normalized spacial score (nSPS) is 10.4. The average molecular weight is 253 g/mol. The summed E-state index contributed by atoms with van der Waals surface area (Å²) in [6.45, 7) is 3.84. The van der Waals surface area contributed by atoms with Gasteiger partial charge < -0.3 is 4.74 Å². The highest BCUT2D eigenvalue weighted by molar-refractivity contribution is 6.28. The summed E-state index contributed by atoms with van der Waals surface area (Å²) in [7, 11) is 0. The fourth-order valence-electron chi connectivity index (χ4n) is 1.34. The maximum absolute atomic E-state index is 13.4. The van der Waals surface area contributed by atoms with Gasteiger partial charge in [-0.3, -0.25) is 0 Å². The Morgan fingerprint density at radius 2 is 2.06 bits per heavy atom. The average Bonchev–Trinajstić information content (AvgIpc) is 2.30. The number of rotatable bonds is 2. The molecule has 3 nitrogen and oxygen atoms in total. The summed E-state index contributed by atoms with van der Waals surface area (Å²) >= 11 is 5.59. The van der Waals surface area contributed by atoms with Gasteiger partial charge in [0.15, 0.2) is 0 Å². The molecule has 0 aliphatic rings. The molecule has 88 valence electrons. The zero-order valence-electron chi connectivity index (χ0n) is 9.37. The Morgan fingerprint density at radius 1 is 1.29 bits per heavy atom. The van der Waals surface area contributed by atoms with E-state index in [1.54, 1.807) is 6.07 Å². The number of aromatic nitrogens is 2. The van der Waals surface area contributed by atoms with Gasteiger partial charge >= 0.3 is 0 Å². The third-order valence-corrected chi connectivity index (χ3v) is 2.63. The van der Waals surface area contributed by atoms with Crippen molar-refractivity contribution in [1.29, 1.82) is 0 Å². The first-order valence-electron chi connectivity index (χ1n) is 5.00. The monoisotopic (exact) mass is 252 g/mol. The third kappa shape index (κ3) is 2.53. The van der Waals surface area contributed by atoms with Crippen LogP contribution in [0.3, 0.4) is 0 Å². The van der Waals surface area contributed by atoms with Gasteiger partial charge in [-0.15, -0.1) is 0 Å². The second kappa shape index (κ2) is 4.67. The van der Waals surface area contributed by atoms with Crippen molar-refractivity contribution in [1.82, 2.24) is 9.97 Å². The van der Waals surface area contributed by atoms with E-state index in [-0.39, 0.29) is 11.2 Å². The molecule has 0 radical (unpaired) electrons. The predicted octanol–water partition coefficient (Wildman–Crippen LogP) is 3.68. The quantitative estimate of drug-likeness (QED) is 0.765. The van der Waals surface area contributed by atoms with Crippen LogP contribution in [0.15, 0.2) is 24.4 Å². The molecule has 0 spiro atoms. The van der Waals surface area contributed by atoms with E-state index >= 15 is 0 Å². The maximum Gasteiger partial charge on any atom is 0.260 e. The minimum Gasteiger partial charge on any atom is -0.436 e. The number of ether oxygens (including phenoxy) is 1. The second-order valence-electron chi connectivity index (χ2n) is 3.59. The number of nitrogens with zero attached hydrogens (tertiary/aromatic N) is 2. The van der Waals surface area contributed by atoms with Crippen molar-refractivity contribution in [3.8, 4) is 11.6 Å². The Morgan fingerprint density at radius 3 is 2.82 bits per heavy atom. The summed E-state index contributed by atoms with van der Waals surface area (Å²) in [4.78, 5) is 7.22. The molecule has 17 heavy (non-hydrogen) atoms. The predicted molar refractivity (Wildman–Crippen MR) is 63.0 cm³/mol. The first-order valence-corrected chi connectivity index (χ1v) is 5.38. The summed E-state index contributed by atoms with van der Waals surface area (Å²) in [5.41, 5.74) is 1.99. The first-order chi connectivity index (χ1) is 8.08. The van der Waals surface area contributed by atoms with Gasteiger partial charge in [0.25, 0.3) is 5.88 Å². The van der Waals surface area contributed by atoms with Crippen LogP contribution >= 0.6 is 11.6 Å². The van der Waals surface area contributed by atoms with Crippen LogP contribution in [-0.2, 0) is 0 Å². The Balaban J connectivity index is 2.38. The molecule has 0 bridgehead atoms. The van der Waals surface area contributed by atoms with Crippen molar-refractivity contribution in [2.24, 2.45) is 0 Å². The number of benzene rings is 1. The Labute approximate surface area is 103 Å². The lowest BCUT2D eigenvalue weighted by atomic mass is 10.1. The van der Waals surface area contributed by atoms with Crippen molar-refractivity contribution in [2.45, 2.75) is 13.8 Å². The number of hydrogen-bond acceptors (Lipinski definition) is 3. The molecular weight excluding hydrogens is 243 g/mol. The van der Waals surface area contributed by atoms with E-state index in [1.165, 1.54) is 0 Å². The first kappa shape index (κ1) is 11.8. The van der Waals surface area contributed by atoms with Crippen LogP contribution in [0.1, 0.15) is 11.1 Å². The minimum atomic E-state index is -0.643. The summed E-state index contributed by atoms with van der Waals surface area (Å²) in [5, 5.41) is -0.0493. The van der Waals surface area contributed by atoms with Crippen molar-refractivity contribution in [3.63, 3.8) is 0 Å². The van der Waals surface area contributed by atoms with Crippen LogP contribution in [0.4, 0.5) is 4.39 Å². The van der Waals surface area contributed by atoms with Gasteiger partial charge in [-0.1, -0.05) is 12.1 Å². The van der Waals surface area contributed by atoms with Gasteiger partial charge in [0.2, 0.25) is 11.1 Å². The zero-order chi connectivity index (χ0) is 12.4. The second-order valence-corrected chi connectivity index (χ2v) is 3.93. The van der Waals surface area contributed by atoms with Crippen LogP contribution in [-0.4, -0.2) is 9.97 Å². The molecule has 2 rings (SSSR count). The van der Waals surface area contributed by atoms with E-state index in [9.17, 15) is 4.39 Å². The zero-order valence-corrected chi connectivity index (χ0v) is 10.1. The molecule has 2 aromatic rings. The lowest BCUT2D eigenvalue weighted by Crippen LogP contribution is -1.96. The largest absolute Gasteiger partial charge is 0.436 e. The molecule has 1 heterocycles. The van der Waals surface area contributed by atoms with E-state index in [0.29, 0.717) is 5.75 Å². The van der Waals surface area contributed by atoms with Gasteiger partial charge in [-0.05, 0) is 42.6 Å². The lowest BCUT2D eigenvalue weighted by molar-refractivity contribution is 0.417. The topological polar surface area (TPSA) is 35.0 Å². The smallest absolute Gasteiger partial charge is 0.260 e. The fourth-order valence-corrected chi connectivity index (χ4v) is 1.47. The lowest BCUT2D eigenvalue weighted by Gasteiger charge is -2.09. The summed E-state index contributed by atoms with van der Waals surface area (Å²) in [6.07, 6.45) is 0.982. The van der Waals surface area contributed by atoms with Gasteiger partial charge in [-0.2, -0.15) is 9.37 Å². The minimum absolute atomic E-state index is 0.0493. The van der Waals surface area contributed by atoms with E-state index in [4.69, 9.17) is 16.3 Å². The summed E-state index contributed by atoms with van der Waals surface area (Å²) < 4.78 is 18.8. The van der Waals surface area contributed by atoms with Crippen molar-refractivity contribution in [2.75, 3.05) is 0 Å². The highest BCUT2D eigenvalue weighted by Crippen LogP contribution is 2.27. The molecule has 0 fully saturated rings. The standard InChI is InChI=1S/C12H10ClFN2O/c1-7-4-3-5-10(8(7)2)17-11-9(14)6-15-12(13)16-11/h3-6H,1-2H3. The summed E-state index contributed by atoms with van der Waals surface area (Å²) in [5.74, 6) is -0.257. The van der Waals surface area contributed by atoms with Crippen LogP contribution in [0.5, 0.6) is 11.6 Å². The molecule has 0 amide bonds. The van der Waals surface area contributed by atoms with Gasteiger partial charge in [0, 0.05) is 0 Å². The summed E-state index contributed by atoms with van der Waals surface area (Å²) in [6, 6.07) is 5.53. The SMILES string of the molecule is Cc1cccc(Oc2nc(Cl)ncc2F)c1C. The Kier molecular flexibility index (Phi) is 3.24. The molecule has 0 aliphatic heterocycles. The van der Waals surface area contributed by atoms with Crippen molar-refractivity contribution >= 4 is 11.6 Å². The highest BCUT2D eigenvalue weighted by atomic mass is 35.5. The van der Waals surface area contributed by atoms with Crippen LogP contribution < -0.4 is 4.74 Å². The van der Waals surface area contributed by atoms with Gasteiger partial charge in [-0.25, -0.2) is 4.98 Å². The third-order valence-electron chi connectivity index (χ3n) is 2.44. The van der Waals surface area contributed by atoms with Crippen LogP contribution in [0.2, 0.25) is 5.28 Å². The Bertz CT molecular complexity index is 560. The molecule has 1 aromatic carbocycles. The van der Waals surface area contributed by atoms with Gasteiger partial charge in [0.1, 0.15) is 5.75 Å². The molecule has 0 atom stereocenters. The molecule has 0 saturated heterocycles. The van der Waals surface area contributed by atoms with E-state index in [2.05, 4.69) is 9.97 Å². The number of aryl methyl sites for hydroxylation is 1. The van der Waals surface area contributed by atoms with E-state index < -0.39 is 5.82 Å². The van der Waals surface area contributed by atoms with Crippen molar-refractivity contribution in [3.05, 3.63) is 46.6 Å². The van der Waals surface area contributed by atoms with Crippen molar-refractivity contribution < 1.29 is 9.13 Å². The molecule has 0 N–H and O–H groups in total. The number of halogens is 2. The molecule has 0 aliphatic carbocycles. The van der Waals surface area contributed by atoms with Crippen LogP contribution in [0.25, 0.3) is 0 Å². The van der Waals surface area contributed by atoms with Crippen LogP contribution in [0, 0.1) is 19.7 Å². The van der Waals surface area contributed by atoms with E-state index in [0.717, 1.165) is 17.3 Å².